The molecule has 1 N–H and O–H groups in total. The number of nitrogens with one attached hydrogen (secondary N) is 1. The predicted octanol–water partition coefficient (Wildman–Crippen LogP) is 0.955. The molecule has 0 bridgehead atoms. The predicted molar refractivity (Wildman–Crippen MR) is 108 cm³/mol. The van der Waals surface area contributed by atoms with Gasteiger partial charge in [0.1, 0.15) is 12.2 Å². The quantitative estimate of drug-likeness (QED) is 0.764. The van der Waals surface area contributed by atoms with Gasteiger partial charge in [-0.05, 0) is 24.6 Å². The number of imide groups is 1. The van der Waals surface area contributed by atoms with E-state index in [9.17, 15) is 9.59 Å². The molecule has 9 nitrogen and oxygen atoms in total. The molecule has 1 aromatic rings. The number of rotatable bonds is 5. The van der Waals surface area contributed by atoms with Gasteiger partial charge < -0.3 is 9.64 Å². The Morgan fingerprint density at radius 3 is 2.69 bits per heavy atom. The van der Waals surface area contributed by atoms with Gasteiger partial charge in [-0.15, -0.1) is 0 Å². The average molecular weight is 421 g/mol. The minimum Gasteiger partial charge on any atom is -0.383 e. The molecule has 156 valence electrons. The van der Waals surface area contributed by atoms with E-state index in [2.05, 4.69) is 15.3 Å². The molecule has 2 fully saturated rings. The maximum Gasteiger partial charge on any atom is 0.328 e. The van der Waals surface area contributed by atoms with E-state index in [4.69, 9.17) is 16.3 Å². The number of hydrogen-bond donors (Lipinski definition) is 1. The fourth-order valence-electron chi connectivity index (χ4n) is 4.12. The van der Waals surface area contributed by atoms with Gasteiger partial charge in [0.2, 0.25) is 0 Å². The Bertz CT molecular complexity index is 832. The van der Waals surface area contributed by atoms with Crippen molar-refractivity contribution in [2.75, 3.05) is 33.9 Å². The molecule has 10 heteroatoms. The maximum atomic E-state index is 13.4. The van der Waals surface area contributed by atoms with Crippen molar-refractivity contribution in [3.05, 3.63) is 34.9 Å². The Balaban J connectivity index is 1.59. The summed E-state index contributed by atoms with van der Waals surface area (Å²) in [4.78, 5) is 31.3. The number of ether oxygens (including phenoxy) is 1. The van der Waals surface area contributed by atoms with Crippen molar-refractivity contribution in [1.82, 2.24) is 25.0 Å². The standard InChI is InChI=1S/C19H25ClN6O3/c1-12-10-24-15-16(21-18(24)26(22-12)8-9-29-3)23(2)19(28)25(17(15)27)11-13-4-6-14(20)7-5-13/h4-7,15-16,18,21H,8-11H2,1-3H3. The molecule has 0 radical (unpaired) electrons. The van der Waals surface area contributed by atoms with Gasteiger partial charge in [0.25, 0.3) is 5.91 Å². The van der Waals surface area contributed by atoms with Gasteiger partial charge >= 0.3 is 6.03 Å². The van der Waals surface area contributed by atoms with Crippen LogP contribution in [-0.4, -0.2) is 89.7 Å². The molecule has 3 atom stereocenters. The molecule has 2 saturated heterocycles. The zero-order valence-corrected chi connectivity index (χ0v) is 17.5. The number of halogens is 1. The fourth-order valence-corrected chi connectivity index (χ4v) is 4.25. The van der Waals surface area contributed by atoms with Crippen LogP contribution in [0.25, 0.3) is 0 Å². The molecule has 1 aromatic carbocycles. The van der Waals surface area contributed by atoms with Crippen LogP contribution in [0.5, 0.6) is 0 Å². The molecule has 4 rings (SSSR count). The summed E-state index contributed by atoms with van der Waals surface area (Å²) in [7, 11) is 3.37. The number of hydrogen-bond acceptors (Lipinski definition) is 7. The molecule has 3 aliphatic rings. The first-order chi connectivity index (χ1) is 13.9. The van der Waals surface area contributed by atoms with Crippen molar-refractivity contribution in [2.24, 2.45) is 5.10 Å². The summed E-state index contributed by atoms with van der Waals surface area (Å²) in [5, 5.41) is 10.5. The monoisotopic (exact) mass is 420 g/mol. The SMILES string of the molecule is COCCN1N=C(C)CN2C3C(=O)N(Cc4ccc(Cl)cc4)C(=O)N(C)C3NC12. The number of urea groups is 1. The molecule has 0 saturated carbocycles. The third-order valence-corrected chi connectivity index (χ3v) is 5.78. The number of carbonyl (C=O) groups excluding carboxylic acids is 2. The molecule has 29 heavy (non-hydrogen) atoms. The van der Waals surface area contributed by atoms with Crippen molar-refractivity contribution in [1.29, 1.82) is 0 Å². The zero-order valence-electron chi connectivity index (χ0n) is 16.7. The number of nitrogens with zero attached hydrogens (tertiary/aromatic N) is 5. The van der Waals surface area contributed by atoms with E-state index in [-0.39, 0.29) is 24.8 Å². The highest BCUT2D eigenvalue weighted by Gasteiger charge is 2.56. The van der Waals surface area contributed by atoms with Gasteiger partial charge in [-0.1, -0.05) is 23.7 Å². The first kappa shape index (κ1) is 20.1. The van der Waals surface area contributed by atoms with Gasteiger partial charge in [-0.3, -0.25) is 20.0 Å². The van der Waals surface area contributed by atoms with Crippen LogP contribution in [0.1, 0.15) is 12.5 Å². The van der Waals surface area contributed by atoms with E-state index in [0.29, 0.717) is 24.7 Å². The van der Waals surface area contributed by atoms with Crippen molar-refractivity contribution in [3.8, 4) is 0 Å². The van der Waals surface area contributed by atoms with Crippen LogP contribution in [0.3, 0.4) is 0 Å². The number of carbonyl (C=O) groups is 2. The summed E-state index contributed by atoms with van der Waals surface area (Å²) in [5.74, 6) is -0.204. The Hall–Kier alpha value is -2.20. The second-order valence-corrected chi connectivity index (χ2v) is 7.97. The van der Waals surface area contributed by atoms with E-state index < -0.39 is 12.2 Å². The second kappa shape index (κ2) is 7.91. The highest BCUT2D eigenvalue weighted by molar-refractivity contribution is 6.30. The van der Waals surface area contributed by atoms with Gasteiger partial charge in [0.05, 0.1) is 19.7 Å². The summed E-state index contributed by atoms with van der Waals surface area (Å²) in [6, 6.07) is 6.37. The van der Waals surface area contributed by atoms with Crippen molar-refractivity contribution < 1.29 is 14.3 Å². The third kappa shape index (κ3) is 3.59. The second-order valence-electron chi connectivity index (χ2n) is 7.54. The third-order valence-electron chi connectivity index (χ3n) is 5.53. The van der Waals surface area contributed by atoms with Crippen LogP contribution >= 0.6 is 11.6 Å². The highest BCUT2D eigenvalue weighted by Crippen LogP contribution is 2.30. The number of fused-ring (bicyclic) bond motifs is 3. The lowest BCUT2D eigenvalue weighted by molar-refractivity contribution is -0.139. The normalized spacial score (nSPS) is 27.2. The van der Waals surface area contributed by atoms with E-state index >= 15 is 0 Å². The van der Waals surface area contributed by atoms with Crippen LogP contribution in [0.15, 0.2) is 29.4 Å². The van der Waals surface area contributed by atoms with E-state index in [1.165, 1.54) is 4.90 Å². The molecule has 3 amide bonds. The minimum absolute atomic E-state index is 0.204. The summed E-state index contributed by atoms with van der Waals surface area (Å²) < 4.78 is 5.19. The molecular formula is C19H25ClN6O3. The number of methoxy groups -OCH3 is 1. The first-order valence-electron chi connectivity index (χ1n) is 9.55. The topological polar surface area (TPSA) is 80.7 Å². The summed E-state index contributed by atoms with van der Waals surface area (Å²) >= 11 is 5.95. The Labute approximate surface area is 174 Å². The summed E-state index contributed by atoms with van der Waals surface area (Å²) in [6.45, 7) is 3.81. The molecule has 3 unspecified atom stereocenters. The van der Waals surface area contributed by atoms with Crippen molar-refractivity contribution >= 4 is 29.3 Å². The van der Waals surface area contributed by atoms with Gasteiger partial charge in [0, 0.05) is 31.4 Å². The summed E-state index contributed by atoms with van der Waals surface area (Å²) in [5.41, 5.74) is 1.76. The number of hydrazone groups is 1. The summed E-state index contributed by atoms with van der Waals surface area (Å²) in [6.07, 6.45) is -0.675. The number of benzene rings is 1. The van der Waals surface area contributed by atoms with Crippen LogP contribution < -0.4 is 5.32 Å². The zero-order chi connectivity index (χ0) is 20.7. The molecule has 0 aromatic heterocycles. The molecule has 0 spiro atoms. The minimum atomic E-state index is -0.481. The van der Waals surface area contributed by atoms with E-state index in [1.54, 1.807) is 31.2 Å². The average Bonchev–Trinajstić information content (AvgIpc) is 3.08. The fraction of sp³-hybridized carbons (Fsp3) is 0.526. The van der Waals surface area contributed by atoms with Crippen molar-refractivity contribution in [2.45, 2.75) is 32.0 Å². The Morgan fingerprint density at radius 2 is 2.00 bits per heavy atom. The van der Waals surface area contributed by atoms with Gasteiger partial charge in [-0.2, -0.15) is 5.10 Å². The van der Waals surface area contributed by atoms with Crippen LogP contribution in [-0.2, 0) is 16.1 Å². The largest absolute Gasteiger partial charge is 0.383 e. The van der Waals surface area contributed by atoms with E-state index in [0.717, 1.165) is 11.3 Å². The van der Waals surface area contributed by atoms with Crippen molar-refractivity contribution in [3.63, 3.8) is 0 Å². The highest BCUT2D eigenvalue weighted by atomic mass is 35.5. The lowest BCUT2D eigenvalue weighted by Gasteiger charge is -2.42. The smallest absolute Gasteiger partial charge is 0.328 e. The molecule has 3 heterocycles. The van der Waals surface area contributed by atoms with Crippen LogP contribution in [0.4, 0.5) is 4.79 Å². The molecule has 3 aliphatic heterocycles. The Morgan fingerprint density at radius 1 is 1.28 bits per heavy atom. The lowest BCUT2D eigenvalue weighted by Crippen LogP contribution is -2.66. The van der Waals surface area contributed by atoms with Gasteiger partial charge in [-0.25, -0.2) is 9.69 Å². The maximum absolute atomic E-state index is 13.4. The van der Waals surface area contributed by atoms with Crippen LogP contribution in [0.2, 0.25) is 5.02 Å². The molecule has 0 aliphatic carbocycles. The first-order valence-corrected chi connectivity index (χ1v) is 9.92. The Kier molecular flexibility index (Phi) is 5.48. The lowest BCUT2D eigenvalue weighted by atomic mass is 10.1. The van der Waals surface area contributed by atoms with Crippen LogP contribution in [0, 0.1) is 0 Å². The van der Waals surface area contributed by atoms with Gasteiger partial charge in [0.15, 0.2) is 6.29 Å². The number of amides is 3. The molecular weight excluding hydrogens is 396 g/mol. The van der Waals surface area contributed by atoms with E-state index in [1.807, 2.05) is 24.1 Å². The number of likely N-dealkylation sites (N-methyl/N-ethyl adjacent to an activating group) is 1.